The van der Waals surface area contributed by atoms with Gasteiger partial charge in [0.25, 0.3) is 0 Å². The molecule has 5 nitrogen and oxygen atoms in total. The van der Waals surface area contributed by atoms with Gasteiger partial charge in [-0.2, -0.15) is 0 Å². The molecule has 136 valence electrons. The Bertz CT molecular complexity index is 775. The summed E-state index contributed by atoms with van der Waals surface area (Å²) in [7, 11) is 0. The molecule has 2 aromatic carbocycles. The molecule has 2 aromatic rings. The third-order valence-electron chi connectivity index (χ3n) is 4.91. The van der Waals surface area contributed by atoms with Crippen LogP contribution >= 0.6 is 0 Å². The predicted molar refractivity (Wildman–Crippen MR) is 97.9 cm³/mol. The van der Waals surface area contributed by atoms with Gasteiger partial charge in [0.05, 0.1) is 18.1 Å². The lowest BCUT2D eigenvalue weighted by Gasteiger charge is -2.27. The van der Waals surface area contributed by atoms with Crippen LogP contribution in [-0.2, 0) is 11.2 Å². The van der Waals surface area contributed by atoms with Crippen molar-refractivity contribution in [2.45, 2.75) is 37.8 Å². The molecule has 3 rings (SSSR count). The summed E-state index contributed by atoms with van der Waals surface area (Å²) < 4.78 is 0. The highest BCUT2D eigenvalue weighted by molar-refractivity contribution is 5.88. The smallest absolute Gasteiger partial charge is 0.335 e. The maximum absolute atomic E-state index is 12.7. The van der Waals surface area contributed by atoms with Gasteiger partial charge in [0.15, 0.2) is 0 Å². The van der Waals surface area contributed by atoms with Gasteiger partial charge in [-0.3, -0.25) is 4.79 Å². The highest BCUT2D eigenvalue weighted by Crippen LogP contribution is 2.28. The molecule has 26 heavy (non-hydrogen) atoms. The Hall–Kier alpha value is -2.66. The van der Waals surface area contributed by atoms with Crippen LogP contribution in [0.1, 0.15) is 46.9 Å². The van der Waals surface area contributed by atoms with Crippen molar-refractivity contribution in [3.05, 3.63) is 71.3 Å². The van der Waals surface area contributed by atoms with E-state index in [1.54, 1.807) is 18.2 Å². The van der Waals surface area contributed by atoms with Crippen molar-refractivity contribution in [1.29, 1.82) is 0 Å². The lowest BCUT2D eigenvalue weighted by molar-refractivity contribution is -0.131. The summed E-state index contributed by atoms with van der Waals surface area (Å²) >= 11 is 0. The molecule has 0 aliphatic carbocycles. The third kappa shape index (κ3) is 4.29. The normalized spacial score (nSPS) is 17.9. The van der Waals surface area contributed by atoms with Gasteiger partial charge in [0.2, 0.25) is 5.91 Å². The number of likely N-dealkylation sites (tertiary alicyclic amines) is 1. The Balaban J connectivity index is 1.65. The molecular weight excluding hydrogens is 330 g/mol. The monoisotopic (exact) mass is 353 g/mol. The highest BCUT2D eigenvalue weighted by atomic mass is 16.4. The van der Waals surface area contributed by atoms with Crippen LogP contribution in [0.25, 0.3) is 0 Å². The molecular formula is C21H23NO4. The van der Waals surface area contributed by atoms with Gasteiger partial charge in [-0.05, 0) is 42.5 Å². The number of carbonyl (C=O) groups excluding carboxylic acids is 1. The van der Waals surface area contributed by atoms with E-state index in [1.807, 2.05) is 35.2 Å². The van der Waals surface area contributed by atoms with Crippen molar-refractivity contribution < 1.29 is 19.8 Å². The summed E-state index contributed by atoms with van der Waals surface area (Å²) in [5, 5.41) is 19.5. The first-order chi connectivity index (χ1) is 12.5. The van der Waals surface area contributed by atoms with E-state index in [1.165, 1.54) is 6.07 Å². The third-order valence-corrected chi connectivity index (χ3v) is 4.91. The number of amides is 1. The summed E-state index contributed by atoms with van der Waals surface area (Å²) in [6.45, 7) is 0.684. The first-order valence-electron chi connectivity index (χ1n) is 8.89. The molecule has 1 saturated heterocycles. The molecule has 1 aliphatic rings. The largest absolute Gasteiger partial charge is 0.478 e. The minimum absolute atomic E-state index is 0.0142. The molecule has 1 heterocycles. The van der Waals surface area contributed by atoms with Crippen LogP contribution < -0.4 is 0 Å². The lowest BCUT2D eigenvalue weighted by atomic mass is 10.00. The van der Waals surface area contributed by atoms with Gasteiger partial charge in [-0.25, -0.2) is 4.79 Å². The van der Waals surface area contributed by atoms with E-state index in [4.69, 9.17) is 5.11 Å². The molecule has 2 atom stereocenters. The van der Waals surface area contributed by atoms with Crippen LogP contribution in [0.5, 0.6) is 0 Å². The van der Waals surface area contributed by atoms with Gasteiger partial charge >= 0.3 is 5.97 Å². The molecule has 5 heteroatoms. The summed E-state index contributed by atoms with van der Waals surface area (Å²) in [5.74, 6) is -1.01. The zero-order valence-electron chi connectivity index (χ0n) is 14.5. The average molecular weight is 353 g/mol. The van der Waals surface area contributed by atoms with Crippen LogP contribution in [0, 0.1) is 0 Å². The van der Waals surface area contributed by atoms with Crippen LogP contribution in [0.3, 0.4) is 0 Å². The number of carboxylic acid groups (broad SMARTS) is 1. The second-order valence-electron chi connectivity index (χ2n) is 6.73. The molecule has 0 saturated carbocycles. The van der Waals surface area contributed by atoms with Gasteiger partial charge in [0, 0.05) is 12.6 Å². The minimum Gasteiger partial charge on any atom is -0.478 e. The van der Waals surface area contributed by atoms with Crippen molar-refractivity contribution in [1.82, 2.24) is 4.90 Å². The van der Waals surface area contributed by atoms with Crippen LogP contribution in [-0.4, -0.2) is 39.6 Å². The number of carboxylic acids is 1. The lowest BCUT2D eigenvalue weighted by Crippen LogP contribution is -2.37. The van der Waals surface area contributed by atoms with Gasteiger partial charge in [-0.15, -0.1) is 0 Å². The summed E-state index contributed by atoms with van der Waals surface area (Å²) in [6, 6.07) is 16.0. The zero-order valence-corrected chi connectivity index (χ0v) is 14.5. The fourth-order valence-corrected chi connectivity index (χ4v) is 3.57. The number of hydrogen-bond donors (Lipinski definition) is 2. The number of benzene rings is 2. The number of rotatable bonds is 6. The molecule has 0 radical (unpaired) electrons. The number of nitrogens with zero attached hydrogens (tertiary/aromatic N) is 1. The number of aliphatic hydroxyl groups excluding tert-OH is 1. The Morgan fingerprint density at radius 1 is 1.12 bits per heavy atom. The van der Waals surface area contributed by atoms with E-state index >= 15 is 0 Å². The highest BCUT2D eigenvalue weighted by Gasteiger charge is 2.30. The van der Waals surface area contributed by atoms with Crippen LogP contribution in [0.4, 0.5) is 0 Å². The van der Waals surface area contributed by atoms with E-state index in [0.717, 1.165) is 18.4 Å². The second kappa shape index (κ2) is 8.15. The molecule has 1 aliphatic heterocycles. The first-order valence-corrected chi connectivity index (χ1v) is 8.89. The van der Waals surface area contributed by atoms with E-state index in [9.17, 15) is 14.7 Å². The van der Waals surface area contributed by atoms with Gasteiger partial charge in [-0.1, -0.05) is 42.5 Å². The Morgan fingerprint density at radius 2 is 1.88 bits per heavy atom. The summed E-state index contributed by atoms with van der Waals surface area (Å²) in [6.07, 6.45) is 1.91. The Morgan fingerprint density at radius 3 is 2.62 bits per heavy atom. The van der Waals surface area contributed by atoms with Crippen molar-refractivity contribution in [2.24, 2.45) is 0 Å². The van der Waals surface area contributed by atoms with Crippen molar-refractivity contribution in [2.75, 3.05) is 6.54 Å². The fourth-order valence-electron chi connectivity index (χ4n) is 3.57. The Labute approximate surface area is 152 Å². The molecule has 1 amide bonds. The molecule has 0 bridgehead atoms. The molecule has 0 spiro atoms. The van der Waals surface area contributed by atoms with Crippen LogP contribution in [0.15, 0.2) is 54.6 Å². The molecule has 1 fully saturated rings. The quantitative estimate of drug-likeness (QED) is 0.837. The Kier molecular flexibility index (Phi) is 5.68. The van der Waals surface area contributed by atoms with Crippen LogP contribution in [0.2, 0.25) is 0 Å². The van der Waals surface area contributed by atoms with Crippen molar-refractivity contribution >= 4 is 11.9 Å². The molecule has 2 N–H and O–H groups in total. The van der Waals surface area contributed by atoms with E-state index in [2.05, 4.69) is 0 Å². The summed E-state index contributed by atoms with van der Waals surface area (Å²) in [5.41, 5.74) is 1.75. The predicted octanol–water partition coefficient (Wildman–Crippen LogP) is 3.04. The topological polar surface area (TPSA) is 77.8 Å². The SMILES string of the molecule is O=C(O)c1cccc(CC(=O)N2CCCC2CC(O)c2ccccc2)c1. The fraction of sp³-hybridized carbons (Fsp3) is 0.333. The molecule has 0 aromatic heterocycles. The second-order valence-corrected chi connectivity index (χ2v) is 6.73. The molecule has 2 unspecified atom stereocenters. The number of carbonyl (C=O) groups is 2. The van der Waals surface area contributed by atoms with E-state index in [-0.39, 0.29) is 23.9 Å². The summed E-state index contributed by atoms with van der Waals surface area (Å²) in [4.78, 5) is 25.6. The average Bonchev–Trinajstić information content (AvgIpc) is 3.11. The van der Waals surface area contributed by atoms with E-state index in [0.29, 0.717) is 18.5 Å². The van der Waals surface area contributed by atoms with E-state index < -0.39 is 12.1 Å². The standard InChI is InChI=1S/C21H23NO4/c23-19(16-7-2-1-3-8-16)14-18-10-5-11-22(18)20(24)13-15-6-4-9-17(12-15)21(25)26/h1-4,6-9,12,18-19,23H,5,10-11,13-14H2,(H,25,26). The maximum Gasteiger partial charge on any atom is 0.335 e. The first kappa shape index (κ1) is 18.1. The van der Waals surface area contributed by atoms with Gasteiger partial charge < -0.3 is 15.1 Å². The number of aromatic carboxylic acids is 1. The van der Waals surface area contributed by atoms with Crippen molar-refractivity contribution in [3.8, 4) is 0 Å². The number of aliphatic hydroxyl groups is 1. The minimum atomic E-state index is -0.996. The number of hydrogen-bond acceptors (Lipinski definition) is 3. The van der Waals surface area contributed by atoms with Gasteiger partial charge in [0.1, 0.15) is 0 Å². The maximum atomic E-state index is 12.7. The zero-order chi connectivity index (χ0) is 18.5. The van der Waals surface area contributed by atoms with Crippen molar-refractivity contribution in [3.63, 3.8) is 0 Å².